The summed E-state index contributed by atoms with van der Waals surface area (Å²) in [5.74, 6) is -1.03. The molecule has 1 aliphatic heterocycles. The Morgan fingerprint density at radius 2 is 2.17 bits per heavy atom. The number of piperidine rings is 1. The Hall–Kier alpha value is -1.89. The van der Waals surface area contributed by atoms with Gasteiger partial charge < -0.3 is 14.5 Å². The molecule has 1 unspecified atom stereocenters. The third-order valence-electron chi connectivity index (χ3n) is 4.28. The number of likely N-dealkylation sites (tertiary alicyclic amines) is 1. The molecule has 0 bridgehead atoms. The molecule has 1 saturated heterocycles. The summed E-state index contributed by atoms with van der Waals surface area (Å²) in [5, 5.41) is 1.86. The standard InChI is InChI=1S/C17H24N2O4S/c1-12(2)18(3)15(20)11-23-17(22)13-6-4-8-19(10-13)16(21)14-7-5-9-24-14/h5,7,9,12-13H,4,6,8,10-11H2,1-3H3. The van der Waals surface area contributed by atoms with Crippen LogP contribution >= 0.6 is 11.3 Å². The summed E-state index contributed by atoms with van der Waals surface area (Å²) in [7, 11) is 1.68. The molecule has 1 aromatic rings. The van der Waals surface area contributed by atoms with E-state index < -0.39 is 5.97 Å². The van der Waals surface area contributed by atoms with E-state index in [1.807, 2.05) is 25.3 Å². The number of hydrogen-bond donors (Lipinski definition) is 0. The van der Waals surface area contributed by atoms with Crippen molar-refractivity contribution in [3.05, 3.63) is 22.4 Å². The van der Waals surface area contributed by atoms with Gasteiger partial charge in [-0.25, -0.2) is 0 Å². The fraction of sp³-hybridized carbons (Fsp3) is 0.588. The van der Waals surface area contributed by atoms with Gasteiger partial charge in [0.05, 0.1) is 10.8 Å². The van der Waals surface area contributed by atoms with Gasteiger partial charge in [-0.15, -0.1) is 11.3 Å². The fourth-order valence-electron chi connectivity index (χ4n) is 2.55. The largest absolute Gasteiger partial charge is 0.455 e. The zero-order chi connectivity index (χ0) is 17.7. The lowest BCUT2D eigenvalue weighted by molar-refractivity contribution is -0.156. The van der Waals surface area contributed by atoms with E-state index in [-0.39, 0.29) is 30.4 Å². The van der Waals surface area contributed by atoms with Crippen LogP contribution in [0.25, 0.3) is 0 Å². The number of thiophene rings is 1. The van der Waals surface area contributed by atoms with Crippen molar-refractivity contribution < 1.29 is 19.1 Å². The zero-order valence-electron chi connectivity index (χ0n) is 14.4. The van der Waals surface area contributed by atoms with Crippen molar-refractivity contribution in [3.8, 4) is 0 Å². The second-order valence-electron chi connectivity index (χ2n) is 6.27. The van der Waals surface area contributed by atoms with Crippen LogP contribution in [-0.2, 0) is 14.3 Å². The lowest BCUT2D eigenvalue weighted by atomic mass is 9.98. The molecular formula is C17H24N2O4S. The minimum absolute atomic E-state index is 0.0434. The third kappa shape index (κ3) is 4.56. The van der Waals surface area contributed by atoms with Crippen LogP contribution in [0.15, 0.2) is 17.5 Å². The third-order valence-corrected chi connectivity index (χ3v) is 5.14. The number of esters is 1. The molecule has 1 aromatic heterocycles. The predicted octanol–water partition coefficient (Wildman–Crippen LogP) is 2.01. The monoisotopic (exact) mass is 352 g/mol. The van der Waals surface area contributed by atoms with Crippen LogP contribution in [-0.4, -0.2) is 60.4 Å². The Morgan fingerprint density at radius 3 is 2.79 bits per heavy atom. The summed E-state index contributed by atoms with van der Waals surface area (Å²) in [6, 6.07) is 3.68. The van der Waals surface area contributed by atoms with Gasteiger partial charge in [0.15, 0.2) is 6.61 Å². The molecule has 6 nitrogen and oxygen atoms in total. The lowest BCUT2D eigenvalue weighted by Crippen LogP contribution is -2.43. The zero-order valence-corrected chi connectivity index (χ0v) is 15.2. The van der Waals surface area contributed by atoms with Gasteiger partial charge in [0, 0.05) is 26.2 Å². The van der Waals surface area contributed by atoms with Gasteiger partial charge in [-0.05, 0) is 38.1 Å². The van der Waals surface area contributed by atoms with E-state index in [0.717, 1.165) is 6.42 Å². The van der Waals surface area contributed by atoms with Crippen molar-refractivity contribution in [1.29, 1.82) is 0 Å². The summed E-state index contributed by atoms with van der Waals surface area (Å²) in [6.07, 6.45) is 1.44. The fourth-order valence-corrected chi connectivity index (χ4v) is 3.24. The van der Waals surface area contributed by atoms with E-state index in [9.17, 15) is 14.4 Å². The van der Waals surface area contributed by atoms with Gasteiger partial charge >= 0.3 is 5.97 Å². The molecule has 1 aliphatic rings. The molecule has 0 spiro atoms. The Balaban J connectivity index is 1.86. The van der Waals surface area contributed by atoms with E-state index in [1.54, 1.807) is 22.9 Å². The van der Waals surface area contributed by atoms with E-state index in [0.29, 0.717) is 24.4 Å². The Labute approximate surface area is 146 Å². The summed E-state index contributed by atoms with van der Waals surface area (Å²) >= 11 is 1.40. The normalized spacial score (nSPS) is 17.7. The molecule has 132 valence electrons. The minimum Gasteiger partial charge on any atom is -0.455 e. The van der Waals surface area contributed by atoms with Crippen molar-refractivity contribution >= 4 is 29.1 Å². The second kappa shape index (κ2) is 8.28. The summed E-state index contributed by atoms with van der Waals surface area (Å²) in [4.78, 5) is 40.4. The number of nitrogens with zero attached hydrogens (tertiary/aromatic N) is 2. The highest BCUT2D eigenvalue weighted by molar-refractivity contribution is 7.12. The summed E-state index contributed by atoms with van der Waals surface area (Å²) < 4.78 is 5.17. The Morgan fingerprint density at radius 1 is 1.42 bits per heavy atom. The molecule has 2 rings (SSSR count). The molecule has 1 atom stereocenters. The van der Waals surface area contributed by atoms with Crippen LogP contribution in [0.1, 0.15) is 36.4 Å². The predicted molar refractivity (Wildman–Crippen MR) is 91.8 cm³/mol. The highest BCUT2D eigenvalue weighted by Crippen LogP contribution is 2.21. The van der Waals surface area contributed by atoms with E-state index in [1.165, 1.54) is 11.3 Å². The maximum Gasteiger partial charge on any atom is 0.311 e. The molecule has 24 heavy (non-hydrogen) atoms. The number of carbonyl (C=O) groups excluding carboxylic acids is 3. The van der Waals surface area contributed by atoms with Gasteiger partial charge in [-0.1, -0.05) is 6.07 Å². The molecule has 0 saturated carbocycles. The lowest BCUT2D eigenvalue weighted by Gasteiger charge is -2.31. The first kappa shape index (κ1) is 18.4. The number of hydrogen-bond acceptors (Lipinski definition) is 5. The number of carbonyl (C=O) groups is 3. The first-order valence-corrected chi connectivity index (χ1v) is 9.03. The highest BCUT2D eigenvalue weighted by Gasteiger charge is 2.30. The van der Waals surface area contributed by atoms with Crippen LogP contribution in [0.2, 0.25) is 0 Å². The number of amides is 2. The first-order valence-electron chi connectivity index (χ1n) is 8.15. The summed E-state index contributed by atoms with van der Waals surface area (Å²) in [5.41, 5.74) is 0. The van der Waals surface area contributed by atoms with Gasteiger partial charge in [-0.2, -0.15) is 0 Å². The average Bonchev–Trinajstić information content (AvgIpc) is 3.12. The van der Waals surface area contributed by atoms with Crippen LogP contribution in [0, 0.1) is 5.92 Å². The van der Waals surface area contributed by atoms with Gasteiger partial charge in [0.1, 0.15) is 0 Å². The van der Waals surface area contributed by atoms with Crippen molar-refractivity contribution in [2.24, 2.45) is 5.92 Å². The van der Waals surface area contributed by atoms with Crippen molar-refractivity contribution in [2.45, 2.75) is 32.7 Å². The van der Waals surface area contributed by atoms with Crippen molar-refractivity contribution in [1.82, 2.24) is 9.80 Å². The van der Waals surface area contributed by atoms with Crippen molar-refractivity contribution in [3.63, 3.8) is 0 Å². The molecule has 0 aliphatic carbocycles. The van der Waals surface area contributed by atoms with E-state index in [2.05, 4.69) is 0 Å². The molecule has 0 N–H and O–H groups in total. The van der Waals surface area contributed by atoms with Crippen molar-refractivity contribution in [2.75, 3.05) is 26.7 Å². The molecule has 0 radical (unpaired) electrons. The maximum atomic E-state index is 12.4. The maximum absolute atomic E-state index is 12.4. The topological polar surface area (TPSA) is 66.9 Å². The van der Waals surface area contributed by atoms with Crippen LogP contribution in [0.4, 0.5) is 0 Å². The molecule has 7 heteroatoms. The Kier molecular flexibility index (Phi) is 6.36. The number of ether oxygens (including phenoxy) is 1. The second-order valence-corrected chi connectivity index (χ2v) is 7.22. The minimum atomic E-state index is -0.399. The SMILES string of the molecule is CC(C)N(C)C(=O)COC(=O)C1CCCN(C(=O)c2cccs2)C1. The van der Waals surface area contributed by atoms with E-state index in [4.69, 9.17) is 4.74 Å². The number of likely N-dealkylation sites (N-methyl/N-ethyl adjacent to an activating group) is 1. The number of rotatable bonds is 5. The molecule has 1 fully saturated rings. The molecule has 0 aromatic carbocycles. The first-order chi connectivity index (χ1) is 11.4. The molecule has 2 amide bonds. The average molecular weight is 352 g/mol. The van der Waals surface area contributed by atoms with Gasteiger partial charge in [-0.3, -0.25) is 14.4 Å². The highest BCUT2D eigenvalue weighted by atomic mass is 32.1. The smallest absolute Gasteiger partial charge is 0.311 e. The quantitative estimate of drug-likeness (QED) is 0.760. The van der Waals surface area contributed by atoms with Gasteiger partial charge in [0.2, 0.25) is 0 Å². The van der Waals surface area contributed by atoms with Crippen LogP contribution in [0.5, 0.6) is 0 Å². The summed E-state index contributed by atoms with van der Waals surface area (Å²) in [6.45, 7) is 4.55. The van der Waals surface area contributed by atoms with Crippen LogP contribution in [0.3, 0.4) is 0 Å². The molecular weight excluding hydrogens is 328 g/mol. The molecule has 2 heterocycles. The van der Waals surface area contributed by atoms with Gasteiger partial charge in [0.25, 0.3) is 11.8 Å². The van der Waals surface area contributed by atoms with E-state index >= 15 is 0 Å². The Bertz CT molecular complexity index is 585. The van der Waals surface area contributed by atoms with Crippen LogP contribution < -0.4 is 0 Å².